The summed E-state index contributed by atoms with van der Waals surface area (Å²) in [4.78, 5) is 93.6. The van der Waals surface area contributed by atoms with Gasteiger partial charge < -0.3 is 42.3 Å². The number of thioether (sulfide) groups is 1. The predicted molar refractivity (Wildman–Crippen MR) is 218 cm³/mol. The summed E-state index contributed by atoms with van der Waals surface area (Å²) in [7, 11) is 0. The van der Waals surface area contributed by atoms with Gasteiger partial charge in [0.05, 0.1) is 6.04 Å². The van der Waals surface area contributed by atoms with E-state index in [1.165, 1.54) is 23.6 Å². The summed E-state index contributed by atoms with van der Waals surface area (Å²) >= 11 is 5.67. The molecule has 1 aliphatic heterocycles. The minimum absolute atomic E-state index is 0.0320. The third-order valence-corrected chi connectivity index (χ3v) is 10.4. The van der Waals surface area contributed by atoms with Crippen molar-refractivity contribution >= 4 is 65.8 Å². The lowest BCUT2D eigenvalue weighted by molar-refractivity contribution is -0.143. The SMILES string of the molecule is CSCCC(NC(=O)C(NC(=O)C(N)Cc1ccccc1)C(C)C)C(=O)NC(C)C(=O)N1CCCC1C(=O)NC(CS)C(=O)NC(Cc1ccccc1)C(=O)O. The van der Waals surface area contributed by atoms with E-state index in [0.29, 0.717) is 24.2 Å². The summed E-state index contributed by atoms with van der Waals surface area (Å²) in [5.41, 5.74) is 7.73. The van der Waals surface area contributed by atoms with Gasteiger partial charge in [-0.2, -0.15) is 24.4 Å². The average Bonchev–Trinajstić information content (AvgIpc) is 3.67. The van der Waals surface area contributed by atoms with Crippen LogP contribution in [0.15, 0.2) is 60.7 Å². The van der Waals surface area contributed by atoms with Crippen molar-refractivity contribution in [1.82, 2.24) is 31.5 Å². The summed E-state index contributed by atoms with van der Waals surface area (Å²) in [6, 6.07) is 10.6. The van der Waals surface area contributed by atoms with Crippen molar-refractivity contribution in [2.75, 3.05) is 24.3 Å². The Bertz CT molecular complexity index is 1650. The molecule has 15 nitrogen and oxygen atoms in total. The Kier molecular flexibility index (Phi) is 18.7. The molecule has 1 fully saturated rings. The van der Waals surface area contributed by atoms with Gasteiger partial charge in [0.15, 0.2) is 0 Å². The van der Waals surface area contributed by atoms with E-state index in [1.54, 1.807) is 44.2 Å². The van der Waals surface area contributed by atoms with E-state index in [-0.39, 0.29) is 37.5 Å². The number of carbonyl (C=O) groups excluding carboxylic acids is 6. The van der Waals surface area contributed by atoms with Gasteiger partial charge in [-0.05, 0) is 61.7 Å². The van der Waals surface area contributed by atoms with Crippen molar-refractivity contribution in [3.05, 3.63) is 71.8 Å². The lowest BCUT2D eigenvalue weighted by Crippen LogP contribution is -2.60. The zero-order valence-electron chi connectivity index (χ0n) is 32.2. The van der Waals surface area contributed by atoms with Gasteiger partial charge in [-0.3, -0.25) is 28.8 Å². The van der Waals surface area contributed by atoms with Gasteiger partial charge in [-0.1, -0.05) is 74.5 Å². The first-order valence-corrected chi connectivity index (χ1v) is 20.7. The largest absolute Gasteiger partial charge is 0.480 e. The van der Waals surface area contributed by atoms with Gasteiger partial charge in [0.25, 0.3) is 0 Å². The Balaban J connectivity index is 1.62. The minimum Gasteiger partial charge on any atom is -0.480 e. The van der Waals surface area contributed by atoms with E-state index in [1.807, 2.05) is 36.6 Å². The number of carboxylic acids is 1. The highest BCUT2D eigenvalue weighted by atomic mass is 32.2. The zero-order chi connectivity index (χ0) is 41.4. The number of hydrogen-bond acceptors (Lipinski definition) is 10. The number of benzene rings is 2. The van der Waals surface area contributed by atoms with Gasteiger partial charge >= 0.3 is 5.97 Å². The molecule has 0 spiro atoms. The first kappa shape index (κ1) is 45.8. The Labute approximate surface area is 337 Å². The van der Waals surface area contributed by atoms with Crippen molar-refractivity contribution in [3.63, 3.8) is 0 Å². The van der Waals surface area contributed by atoms with Crippen LogP contribution in [0.4, 0.5) is 0 Å². The summed E-state index contributed by atoms with van der Waals surface area (Å²) in [6.45, 7) is 5.23. The lowest BCUT2D eigenvalue weighted by Gasteiger charge is -2.30. The van der Waals surface area contributed by atoms with Gasteiger partial charge in [0, 0.05) is 18.7 Å². The topological polar surface area (TPSA) is 229 Å². The smallest absolute Gasteiger partial charge is 0.326 e. The number of thiol groups is 1. The van der Waals surface area contributed by atoms with E-state index < -0.39 is 83.7 Å². The number of hydrogen-bond donors (Lipinski definition) is 8. The Morgan fingerprint density at radius 1 is 0.786 bits per heavy atom. The molecule has 3 rings (SSSR count). The molecule has 7 unspecified atom stereocenters. The van der Waals surface area contributed by atoms with Crippen molar-refractivity contribution < 1.29 is 38.7 Å². The molecule has 8 N–H and O–H groups in total. The van der Waals surface area contributed by atoms with E-state index in [2.05, 4.69) is 39.2 Å². The number of aliphatic carboxylic acids is 1. The number of carbonyl (C=O) groups is 7. The van der Waals surface area contributed by atoms with Crippen LogP contribution < -0.4 is 32.3 Å². The minimum atomic E-state index is -1.25. The first-order valence-electron chi connectivity index (χ1n) is 18.6. The summed E-state index contributed by atoms with van der Waals surface area (Å²) < 4.78 is 0. The van der Waals surface area contributed by atoms with E-state index in [9.17, 15) is 38.7 Å². The Morgan fingerprint density at radius 2 is 1.36 bits per heavy atom. The van der Waals surface area contributed by atoms with Crippen LogP contribution >= 0.6 is 24.4 Å². The number of rotatable bonds is 21. The van der Waals surface area contributed by atoms with E-state index in [0.717, 1.165) is 5.56 Å². The van der Waals surface area contributed by atoms with Crippen molar-refractivity contribution in [2.45, 2.75) is 95.2 Å². The molecule has 7 atom stereocenters. The molecular weight excluding hydrogens is 759 g/mol. The lowest BCUT2D eigenvalue weighted by atomic mass is 10.0. The third kappa shape index (κ3) is 13.8. The number of carboxylic acid groups (broad SMARTS) is 1. The Morgan fingerprint density at radius 3 is 1.91 bits per heavy atom. The van der Waals surface area contributed by atoms with Gasteiger partial charge in [-0.15, -0.1) is 0 Å². The van der Waals surface area contributed by atoms with Crippen LogP contribution in [0, 0.1) is 5.92 Å². The normalized spacial score (nSPS) is 17.1. The molecule has 306 valence electrons. The van der Waals surface area contributed by atoms with E-state index in [4.69, 9.17) is 5.73 Å². The average molecular weight is 814 g/mol. The molecule has 6 amide bonds. The molecule has 0 radical (unpaired) electrons. The number of nitrogens with two attached hydrogens (primary N) is 1. The number of nitrogens with one attached hydrogen (secondary N) is 5. The van der Waals surface area contributed by atoms with Crippen LogP contribution in [0.1, 0.15) is 51.2 Å². The molecule has 0 saturated carbocycles. The molecule has 0 aliphatic carbocycles. The maximum absolute atomic E-state index is 13.7. The van der Waals surface area contributed by atoms with Crippen molar-refractivity contribution in [2.24, 2.45) is 11.7 Å². The molecule has 17 heteroatoms. The number of likely N-dealkylation sites (tertiary alicyclic amines) is 1. The molecule has 1 heterocycles. The number of nitrogens with zero attached hydrogens (tertiary/aromatic N) is 1. The molecular formula is C39H55N7O8S2. The van der Waals surface area contributed by atoms with Crippen LogP contribution in [0.25, 0.3) is 0 Å². The van der Waals surface area contributed by atoms with Gasteiger partial charge in [0.1, 0.15) is 36.3 Å². The van der Waals surface area contributed by atoms with Crippen LogP contribution in [-0.4, -0.2) is 118 Å². The van der Waals surface area contributed by atoms with E-state index >= 15 is 0 Å². The molecule has 0 aromatic heterocycles. The molecule has 2 aromatic carbocycles. The highest BCUT2D eigenvalue weighted by Crippen LogP contribution is 2.19. The quantitative estimate of drug-likeness (QED) is 0.0822. The van der Waals surface area contributed by atoms with Gasteiger partial charge in [-0.25, -0.2) is 4.79 Å². The summed E-state index contributed by atoms with van der Waals surface area (Å²) in [6.07, 6.45) is 3.19. The maximum atomic E-state index is 13.7. The predicted octanol–water partition coefficient (Wildman–Crippen LogP) is 0.658. The monoisotopic (exact) mass is 813 g/mol. The second-order valence-corrected chi connectivity index (χ2v) is 15.5. The highest BCUT2D eigenvalue weighted by molar-refractivity contribution is 7.98. The van der Waals surface area contributed by atoms with Crippen LogP contribution in [0.5, 0.6) is 0 Å². The molecule has 56 heavy (non-hydrogen) atoms. The number of amides is 6. The molecule has 0 bridgehead atoms. The third-order valence-electron chi connectivity index (χ3n) is 9.41. The summed E-state index contributed by atoms with van der Waals surface area (Å²) in [5, 5.41) is 23.0. The maximum Gasteiger partial charge on any atom is 0.326 e. The van der Waals surface area contributed by atoms with Crippen molar-refractivity contribution in [3.8, 4) is 0 Å². The standard InChI is InChI=1S/C39H55N7O8S2/c1-23(2)32(45-33(47)27(40)20-25-12-7-5-8-13-25)37(51)42-28(17-19-56-4)34(48)41-24(3)38(52)46-18-11-16-31(46)36(50)44-30(22-55)35(49)43-29(39(53)54)21-26-14-9-6-10-15-26/h5-10,12-15,23-24,27-32,55H,11,16-22,40H2,1-4H3,(H,41,48)(H,42,51)(H,43,49)(H,44,50)(H,45,47)(H,53,54). The Hall–Kier alpha value is -4.61. The highest BCUT2D eigenvalue weighted by Gasteiger charge is 2.39. The fraction of sp³-hybridized carbons (Fsp3) is 0.513. The second-order valence-electron chi connectivity index (χ2n) is 14.1. The fourth-order valence-corrected chi connectivity index (χ4v) is 6.96. The van der Waals surface area contributed by atoms with Crippen LogP contribution in [0.2, 0.25) is 0 Å². The molecule has 2 aromatic rings. The van der Waals surface area contributed by atoms with Crippen LogP contribution in [-0.2, 0) is 46.4 Å². The van der Waals surface area contributed by atoms with Crippen molar-refractivity contribution in [1.29, 1.82) is 0 Å². The summed E-state index contributed by atoms with van der Waals surface area (Å²) in [5.74, 6) is -4.79. The zero-order valence-corrected chi connectivity index (χ0v) is 33.9. The fourth-order valence-electron chi connectivity index (χ4n) is 6.23. The van der Waals surface area contributed by atoms with Gasteiger partial charge in [0.2, 0.25) is 35.4 Å². The molecule has 1 saturated heterocycles. The first-order chi connectivity index (χ1) is 26.7. The van der Waals surface area contributed by atoms with Crippen LogP contribution in [0.3, 0.4) is 0 Å². The second kappa shape index (κ2) is 22.8. The molecule has 1 aliphatic rings.